The van der Waals surface area contributed by atoms with E-state index in [0.29, 0.717) is 12.5 Å². The number of para-hydroxylation sites is 1. The number of hydrogen-bond donors (Lipinski definition) is 1. The van der Waals surface area contributed by atoms with Gasteiger partial charge in [0.15, 0.2) is 0 Å². The Balaban J connectivity index is 2.02. The fourth-order valence-corrected chi connectivity index (χ4v) is 2.50. The van der Waals surface area contributed by atoms with E-state index in [0.717, 1.165) is 18.8 Å². The molecule has 0 spiro atoms. The van der Waals surface area contributed by atoms with E-state index >= 15 is 0 Å². The van der Waals surface area contributed by atoms with Crippen LogP contribution < -0.4 is 10.2 Å². The fourth-order valence-electron chi connectivity index (χ4n) is 2.50. The maximum Gasteiger partial charge on any atom is 0.228 e. The molecule has 1 aliphatic rings. The van der Waals surface area contributed by atoms with E-state index in [1.54, 1.807) is 4.90 Å². The van der Waals surface area contributed by atoms with Crippen molar-refractivity contribution in [2.75, 3.05) is 32.1 Å². The minimum atomic E-state index is 0.135. The lowest BCUT2D eigenvalue weighted by atomic mass is 9.96. The summed E-state index contributed by atoms with van der Waals surface area (Å²) in [5, 5.41) is 3.53. The molecular formula is C16H25N3O. The molecule has 0 saturated carbocycles. The number of hydrogen-bond acceptors (Lipinski definition) is 3. The van der Waals surface area contributed by atoms with Gasteiger partial charge in [-0.25, -0.2) is 0 Å². The molecule has 0 bridgehead atoms. The SMILES string of the molecule is CC(C)N(C)CCNC1CC(=O)N(C)c2ccccc21. The topological polar surface area (TPSA) is 35.6 Å². The van der Waals surface area contributed by atoms with Crippen molar-refractivity contribution in [3.63, 3.8) is 0 Å². The molecule has 1 aromatic rings. The zero-order valence-corrected chi connectivity index (χ0v) is 12.9. The van der Waals surface area contributed by atoms with Crippen LogP contribution in [0.3, 0.4) is 0 Å². The molecule has 0 fully saturated rings. The molecule has 0 radical (unpaired) electrons. The van der Waals surface area contributed by atoms with Crippen LogP contribution in [0.15, 0.2) is 24.3 Å². The number of carbonyl (C=O) groups excluding carboxylic acids is 1. The van der Waals surface area contributed by atoms with Crippen molar-refractivity contribution >= 4 is 11.6 Å². The second-order valence-electron chi connectivity index (χ2n) is 5.80. The lowest BCUT2D eigenvalue weighted by Gasteiger charge is -2.32. The van der Waals surface area contributed by atoms with Crippen molar-refractivity contribution in [2.45, 2.75) is 32.4 Å². The van der Waals surface area contributed by atoms with E-state index in [1.807, 2.05) is 25.2 Å². The van der Waals surface area contributed by atoms with Gasteiger partial charge in [-0.1, -0.05) is 18.2 Å². The van der Waals surface area contributed by atoms with Gasteiger partial charge in [-0.2, -0.15) is 0 Å². The van der Waals surface area contributed by atoms with Crippen LogP contribution in [-0.4, -0.2) is 44.0 Å². The fraction of sp³-hybridized carbons (Fsp3) is 0.562. The number of rotatable bonds is 5. The van der Waals surface area contributed by atoms with E-state index in [1.165, 1.54) is 5.56 Å². The van der Waals surface area contributed by atoms with E-state index in [2.05, 4.69) is 37.2 Å². The molecule has 0 aromatic heterocycles. The van der Waals surface area contributed by atoms with Gasteiger partial charge in [-0.15, -0.1) is 0 Å². The number of likely N-dealkylation sites (N-methyl/N-ethyl adjacent to an activating group) is 1. The van der Waals surface area contributed by atoms with Crippen LogP contribution in [0.25, 0.3) is 0 Å². The molecule has 20 heavy (non-hydrogen) atoms. The summed E-state index contributed by atoms with van der Waals surface area (Å²) in [6.07, 6.45) is 0.541. The lowest BCUT2D eigenvalue weighted by Crippen LogP contribution is -2.40. The summed E-state index contributed by atoms with van der Waals surface area (Å²) in [7, 11) is 3.98. The normalized spacial score (nSPS) is 18.8. The summed E-state index contributed by atoms with van der Waals surface area (Å²) in [5.41, 5.74) is 2.25. The predicted octanol–water partition coefficient (Wildman–Crippen LogP) is 2.02. The highest BCUT2D eigenvalue weighted by atomic mass is 16.2. The highest BCUT2D eigenvalue weighted by molar-refractivity contribution is 5.96. The molecule has 1 N–H and O–H groups in total. The average molecular weight is 275 g/mol. The molecule has 1 amide bonds. The number of nitrogens with zero attached hydrogens (tertiary/aromatic N) is 2. The van der Waals surface area contributed by atoms with Crippen molar-refractivity contribution in [3.05, 3.63) is 29.8 Å². The van der Waals surface area contributed by atoms with Gasteiger partial charge in [0.05, 0.1) is 0 Å². The number of nitrogens with one attached hydrogen (secondary N) is 1. The van der Waals surface area contributed by atoms with Crippen LogP contribution in [0.5, 0.6) is 0 Å². The van der Waals surface area contributed by atoms with Gasteiger partial charge in [-0.05, 0) is 32.5 Å². The molecule has 4 heteroatoms. The Kier molecular flexibility index (Phi) is 4.78. The lowest BCUT2D eigenvalue weighted by molar-refractivity contribution is -0.119. The third-order valence-electron chi connectivity index (χ3n) is 4.16. The second kappa shape index (κ2) is 6.37. The van der Waals surface area contributed by atoms with Crippen molar-refractivity contribution < 1.29 is 4.79 Å². The Morgan fingerprint density at radius 3 is 2.80 bits per heavy atom. The minimum absolute atomic E-state index is 0.135. The molecule has 0 aliphatic carbocycles. The summed E-state index contributed by atoms with van der Waals surface area (Å²) in [6.45, 7) is 6.26. The summed E-state index contributed by atoms with van der Waals surface area (Å²) in [4.78, 5) is 16.1. The van der Waals surface area contributed by atoms with Gasteiger partial charge in [-0.3, -0.25) is 4.79 Å². The molecule has 1 aromatic carbocycles. The summed E-state index contributed by atoms with van der Waals surface area (Å²) < 4.78 is 0. The molecule has 2 rings (SSSR count). The highest BCUT2D eigenvalue weighted by Gasteiger charge is 2.28. The predicted molar refractivity (Wildman–Crippen MR) is 83.0 cm³/mol. The van der Waals surface area contributed by atoms with Crippen LogP contribution in [-0.2, 0) is 4.79 Å². The van der Waals surface area contributed by atoms with Gasteiger partial charge in [0.25, 0.3) is 0 Å². The molecular weight excluding hydrogens is 250 g/mol. The molecule has 0 saturated heterocycles. The first kappa shape index (κ1) is 15.0. The zero-order chi connectivity index (χ0) is 14.7. The van der Waals surface area contributed by atoms with E-state index in [4.69, 9.17) is 0 Å². The summed E-state index contributed by atoms with van der Waals surface area (Å²) >= 11 is 0. The van der Waals surface area contributed by atoms with Crippen LogP contribution in [0, 0.1) is 0 Å². The second-order valence-corrected chi connectivity index (χ2v) is 5.80. The van der Waals surface area contributed by atoms with Crippen LogP contribution >= 0.6 is 0 Å². The van der Waals surface area contributed by atoms with Crippen molar-refractivity contribution in [2.24, 2.45) is 0 Å². The Labute approximate surface area is 121 Å². The maximum atomic E-state index is 12.0. The molecule has 1 heterocycles. The van der Waals surface area contributed by atoms with Crippen molar-refractivity contribution in [3.8, 4) is 0 Å². The van der Waals surface area contributed by atoms with E-state index in [9.17, 15) is 4.79 Å². The van der Waals surface area contributed by atoms with Crippen molar-refractivity contribution in [1.29, 1.82) is 0 Å². The van der Waals surface area contributed by atoms with E-state index in [-0.39, 0.29) is 11.9 Å². The number of amides is 1. The summed E-state index contributed by atoms with van der Waals surface area (Å²) in [6, 6.07) is 8.83. The molecule has 1 unspecified atom stereocenters. The minimum Gasteiger partial charge on any atom is -0.315 e. The molecule has 110 valence electrons. The smallest absolute Gasteiger partial charge is 0.228 e. The van der Waals surface area contributed by atoms with Gasteiger partial charge < -0.3 is 15.1 Å². The Morgan fingerprint density at radius 2 is 2.10 bits per heavy atom. The third kappa shape index (κ3) is 3.19. The highest BCUT2D eigenvalue weighted by Crippen LogP contribution is 2.33. The molecule has 4 nitrogen and oxygen atoms in total. The number of benzene rings is 1. The first-order valence-electron chi connectivity index (χ1n) is 7.29. The van der Waals surface area contributed by atoms with Gasteiger partial charge >= 0.3 is 0 Å². The third-order valence-corrected chi connectivity index (χ3v) is 4.16. The van der Waals surface area contributed by atoms with Gasteiger partial charge in [0, 0.05) is 44.3 Å². The number of carbonyl (C=O) groups is 1. The van der Waals surface area contributed by atoms with Gasteiger partial charge in [0.2, 0.25) is 5.91 Å². The van der Waals surface area contributed by atoms with E-state index < -0.39 is 0 Å². The monoisotopic (exact) mass is 275 g/mol. The Hall–Kier alpha value is -1.39. The zero-order valence-electron chi connectivity index (χ0n) is 12.9. The maximum absolute atomic E-state index is 12.0. The van der Waals surface area contributed by atoms with Crippen molar-refractivity contribution in [1.82, 2.24) is 10.2 Å². The van der Waals surface area contributed by atoms with Crippen LogP contribution in [0.1, 0.15) is 31.9 Å². The quantitative estimate of drug-likeness (QED) is 0.893. The number of fused-ring (bicyclic) bond motifs is 1. The van der Waals surface area contributed by atoms with Crippen LogP contribution in [0.4, 0.5) is 5.69 Å². The largest absolute Gasteiger partial charge is 0.315 e. The van der Waals surface area contributed by atoms with Crippen LogP contribution in [0.2, 0.25) is 0 Å². The first-order valence-corrected chi connectivity index (χ1v) is 7.29. The standard InChI is InChI=1S/C16H25N3O/c1-12(2)18(3)10-9-17-14-11-16(20)19(4)15-8-6-5-7-13(14)15/h5-8,12,14,17H,9-11H2,1-4H3. The molecule has 1 aliphatic heterocycles. The Morgan fingerprint density at radius 1 is 1.40 bits per heavy atom. The first-order chi connectivity index (χ1) is 9.50. The Bertz CT molecular complexity index is 473. The number of anilines is 1. The molecule has 1 atom stereocenters. The summed E-state index contributed by atoms with van der Waals surface area (Å²) in [5.74, 6) is 0.179. The van der Waals surface area contributed by atoms with Gasteiger partial charge in [0.1, 0.15) is 0 Å². The average Bonchev–Trinajstić information content (AvgIpc) is 2.44.